The summed E-state index contributed by atoms with van der Waals surface area (Å²) in [5.74, 6) is -0.673. The predicted octanol–water partition coefficient (Wildman–Crippen LogP) is 3.72. The van der Waals surface area contributed by atoms with Crippen molar-refractivity contribution in [3.63, 3.8) is 0 Å². The van der Waals surface area contributed by atoms with Crippen LogP contribution in [0.15, 0.2) is 0 Å². The van der Waals surface area contributed by atoms with Gasteiger partial charge in [0, 0.05) is 12.1 Å². The quantitative estimate of drug-likeness (QED) is 0.827. The van der Waals surface area contributed by atoms with Crippen molar-refractivity contribution >= 4 is 5.97 Å². The number of carboxylic acid groups (broad SMARTS) is 1. The van der Waals surface area contributed by atoms with Crippen molar-refractivity contribution in [2.45, 2.75) is 89.1 Å². The van der Waals surface area contributed by atoms with Gasteiger partial charge >= 0.3 is 5.97 Å². The fraction of sp³-hybridized carbons (Fsp3) is 0.941. The maximum Gasteiger partial charge on any atom is 0.306 e. The first kappa shape index (κ1) is 14.4. The molecule has 0 aromatic rings. The van der Waals surface area contributed by atoms with Gasteiger partial charge in [0.15, 0.2) is 0 Å². The van der Waals surface area contributed by atoms with Gasteiger partial charge in [-0.15, -0.1) is 0 Å². The molecule has 3 heteroatoms. The highest BCUT2D eigenvalue weighted by molar-refractivity contribution is 5.70. The van der Waals surface area contributed by atoms with Gasteiger partial charge in [-0.3, -0.25) is 4.79 Å². The molecule has 20 heavy (non-hydrogen) atoms. The molecule has 0 amide bonds. The fourth-order valence-corrected chi connectivity index (χ4v) is 5.04. The van der Waals surface area contributed by atoms with Gasteiger partial charge in [0.05, 0.1) is 5.92 Å². The molecular formula is C17H29NO2. The molecular weight excluding hydrogens is 250 g/mol. The van der Waals surface area contributed by atoms with Gasteiger partial charge in [-0.25, -0.2) is 0 Å². The lowest BCUT2D eigenvalue weighted by Gasteiger charge is -2.44. The van der Waals surface area contributed by atoms with Crippen LogP contribution in [-0.2, 0) is 4.79 Å². The Bertz CT molecular complexity index is 341. The molecule has 0 bridgehead atoms. The molecule has 3 rings (SSSR count). The van der Waals surface area contributed by atoms with Crippen molar-refractivity contribution in [3.05, 3.63) is 0 Å². The van der Waals surface area contributed by atoms with E-state index >= 15 is 0 Å². The zero-order valence-corrected chi connectivity index (χ0v) is 12.6. The lowest BCUT2D eigenvalue weighted by molar-refractivity contribution is -0.142. The third-order valence-electron chi connectivity index (χ3n) is 6.27. The van der Waals surface area contributed by atoms with Gasteiger partial charge in [-0.1, -0.05) is 25.7 Å². The van der Waals surface area contributed by atoms with Crippen molar-refractivity contribution < 1.29 is 9.90 Å². The van der Waals surface area contributed by atoms with Crippen molar-refractivity contribution in [2.75, 3.05) is 0 Å². The fourth-order valence-electron chi connectivity index (χ4n) is 5.04. The Morgan fingerprint density at radius 1 is 0.900 bits per heavy atom. The highest BCUT2D eigenvalue weighted by atomic mass is 16.4. The SMILES string of the molecule is O=C(O)C1CCC(NC2CCCCC23CCCC3)CC1. The van der Waals surface area contributed by atoms with Crippen LogP contribution in [0.5, 0.6) is 0 Å². The van der Waals surface area contributed by atoms with Crippen LogP contribution >= 0.6 is 0 Å². The molecule has 1 atom stereocenters. The molecule has 114 valence electrons. The third-order valence-corrected chi connectivity index (χ3v) is 6.27. The molecule has 3 saturated carbocycles. The first-order chi connectivity index (χ1) is 9.70. The number of carboxylic acids is 1. The molecule has 3 fully saturated rings. The van der Waals surface area contributed by atoms with Gasteiger partial charge in [0.1, 0.15) is 0 Å². The largest absolute Gasteiger partial charge is 0.481 e. The molecule has 0 aromatic heterocycles. The second-order valence-electron chi connectivity index (χ2n) is 7.42. The van der Waals surface area contributed by atoms with Crippen molar-refractivity contribution in [2.24, 2.45) is 11.3 Å². The van der Waals surface area contributed by atoms with Gasteiger partial charge in [0.25, 0.3) is 0 Å². The Hall–Kier alpha value is -0.570. The van der Waals surface area contributed by atoms with Crippen LogP contribution in [0.1, 0.15) is 77.0 Å². The van der Waals surface area contributed by atoms with E-state index in [9.17, 15) is 4.79 Å². The Labute approximate surface area is 122 Å². The Morgan fingerprint density at radius 3 is 2.10 bits per heavy atom. The molecule has 0 radical (unpaired) electrons. The predicted molar refractivity (Wildman–Crippen MR) is 79.7 cm³/mol. The smallest absolute Gasteiger partial charge is 0.306 e. The number of hydrogen-bond donors (Lipinski definition) is 2. The summed E-state index contributed by atoms with van der Waals surface area (Å²) < 4.78 is 0. The molecule has 0 aliphatic heterocycles. The zero-order valence-electron chi connectivity index (χ0n) is 12.6. The first-order valence-electron chi connectivity index (χ1n) is 8.68. The summed E-state index contributed by atoms with van der Waals surface area (Å²) in [6, 6.07) is 1.29. The Morgan fingerprint density at radius 2 is 1.50 bits per heavy atom. The summed E-state index contributed by atoms with van der Waals surface area (Å²) in [7, 11) is 0. The zero-order chi connectivity index (χ0) is 14.0. The first-order valence-corrected chi connectivity index (χ1v) is 8.68. The lowest BCUT2D eigenvalue weighted by atomic mass is 9.68. The maximum absolute atomic E-state index is 11.0. The Kier molecular flexibility index (Phi) is 4.34. The van der Waals surface area contributed by atoms with E-state index in [0.29, 0.717) is 17.5 Å². The molecule has 0 heterocycles. The molecule has 3 nitrogen and oxygen atoms in total. The van der Waals surface area contributed by atoms with Crippen LogP contribution in [0.3, 0.4) is 0 Å². The van der Waals surface area contributed by atoms with E-state index in [1.807, 2.05) is 0 Å². The molecule has 0 saturated heterocycles. The second kappa shape index (κ2) is 6.05. The molecule has 3 aliphatic carbocycles. The van der Waals surface area contributed by atoms with E-state index in [1.165, 1.54) is 51.4 Å². The van der Waals surface area contributed by atoms with E-state index in [-0.39, 0.29) is 5.92 Å². The summed E-state index contributed by atoms with van der Waals surface area (Å²) in [6.45, 7) is 0. The van der Waals surface area contributed by atoms with E-state index < -0.39 is 5.97 Å². The van der Waals surface area contributed by atoms with E-state index in [2.05, 4.69) is 5.32 Å². The minimum atomic E-state index is -0.589. The van der Waals surface area contributed by atoms with E-state index in [0.717, 1.165) is 25.7 Å². The van der Waals surface area contributed by atoms with Crippen LogP contribution in [0, 0.1) is 11.3 Å². The second-order valence-corrected chi connectivity index (χ2v) is 7.42. The summed E-state index contributed by atoms with van der Waals surface area (Å²) in [4.78, 5) is 11.0. The van der Waals surface area contributed by atoms with E-state index in [4.69, 9.17) is 5.11 Å². The molecule has 2 N–H and O–H groups in total. The maximum atomic E-state index is 11.0. The molecule has 1 spiro atoms. The lowest BCUT2D eigenvalue weighted by Crippen LogP contribution is -2.51. The number of aliphatic carboxylic acids is 1. The molecule has 1 unspecified atom stereocenters. The van der Waals surface area contributed by atoms with E-state index in [1.54, 1.807) is 0 Å². The molecule has 3 aliphatic rings. The van der Waals surface area contributed by atoms with Crippen LogP contribution in [0.25, 0.3) is 0 Å². The monoisotopic (exact) mass is 279 g/mol. The van der Waals surface area contributed by atoms with Gasteiger partial charge in [-0.2, -0.15) is 0 Å². The number of hydrogen-bond acceptors (Lipinski definition) is 2. The normalized spacial score (nSPS) is 37.1. The van der Waals surface area contributed by atoms with Crippen molar-refractivity contribution in [3.8, 4) is 0 Å². The van der Waals surface area contributed by atoms with Crippen LogP contribution in [-0.4, -0.2) is 23.2 Å². The molecule has 0 aromatic carbocycles. The van der Waals surface area contributed by atoms with Gasteiger partial charge in [0.2, 0.25) is 0 Å². The number of carbonyl (C=O) groups is 1. The standard InChI is InChI=1S/C17H29NO2/c19-16(20)13-6-8-14(9-7-13)18-15-5-1-2-10-17(15)11-3-4-12-17/h13-15,18H,1-12H2,(H,19,20). The summed E-state index contributed by atoms with van der Waals surface area (Å²) in [5.41, 5.74) is 0.599. The van der Waals surface area contributed by atoms with Crippen molar-refractivity contribution in [1.82, 2.24) is 5.32 Å². The summed E-state index contributed by atoms with van der Waals surface area (Å²) >= 11 is 0. The Balaban J connectivity index is 1.55. The summed E-state index contributed by atoms with van der Waals surface area (Å²) in [6.07, 6.45) is 15.1. The number of nitrogens with one attached hydrogen (secondary N) is 1. The third kappa shape index (κ3) is 2.88. The van der Waals surface area contributed by atoms with Gasteiger partial charge in [-0.05, 0) is 56.8 Å². The van der Waals surface area contributed by atoms with Crippen LogP contribution in [0.2, 0.25) is 0 Å². The van der Waals surface area contributed by atoms with Crippen molar-refractivity contribution in [1.29, 1.82) is 0 Å². The van der Waals surface area contributed by atoms with Crippen LogP contribution < -0.4 is 5.32 Å². The average Bonchev–Trinajstić information content (AvgIpc) is 2.91. The minimum absolute atomic E-state index is 0.0835. The minimum Gasteiger partial charge on any atom is -0.481 e. The highest BCUT2D eigenvalue weighted by Crippen LogP contribution is 2.49. The summed E-state index contributed by atoms with van der Waals surface area (Å²) in [5, 5.41) is 13.1. The van der Waals surface area contributed by atoms with Crippen LogP contribution in [0.4, 0.5) is 0 Å². The topological polar surface area (TPSA) is 49.3 Å². The van der Waals surface area contributed by atoms with Gasteiger partial charge < -0.3 is 10.4 Å². The average molecular weight is 279 g/mol. The highest BCUT2D eigenvalue weighted by Gasteiger charge is 2.43. The number of rotatable bonds is 3.